The first-order chi connectivity index (χ1) is 16.2. The zero-order valence-corrected chi connectivity index (χ0v) is 22.0. The third-order valence-corrected chi connectivity index (χ3v) is 7.45. The highest BCUT2D eigenvalue weighted by Crippen LogP contribution is 2.36. The fourth-order valence-electron chi connectivity index (χ4n) is 4.58. The number of carbonyl (C=O) groups is 2. The Morgan fingerprint density at radius 1 is 1.12 bits per heavy atom. The molecule has 8 heteroatoms. The van der Waals surface area contributed by atoms with Crippen LogP contribution in [0.1, 0.15) is 49.7 Å². The number of halogens is 3. The molecule has 2 N–H and O–H groups in total. The molecule has 0 spiro atoms. The Hall–Kier alpha value is -1.96. The van der Waals surface area contributed by atoms with Crippen LogP contribution in [0.5, 0.6) is 0 Å². The highest BCUT2D eigenvalue weighted by Gasteiger charge is 2.37. The van der Waals surface area contributed by atoms with Gasteiger partial charge >= 0.3 is 0 Å². The molecule has 3 rings (SSSR count). The molecule has 2 amide bonds. The van der Waals surface area contributed by atoms with Gasteiger partial charge < -0.3 is 15.5 Å². The SMILES string of the molecule is CN(C)C1(Cc2cccc(Cl)c2)CCC(NC(=O)CCC(=O)NCc2ccc(Br)cc2F)CC1. The highest BCUT2D eigenvalue weighted by atomic mass is 79.9. The Morgan fingerprint density at radius 3 is 2.47 bits per heavy atom. The van der Waals surface area contributed by atoms with E-state index in [2.05, 4.69) is 51.6 Å². The molecule has 0 heterocycles. The molecule has 2 aromatic carbocycles. The molecule has 1 aliphatic carbocycles. The van der Waals surface area contributed by atoms with Crippen LogP contribution < -0.4 is 10.6 Å². The van der Waals surface area contributed by atoms with E-state index in [0.717, 1.165) is 37.1 Å². The van der Waals surface area contributed by atoms with Crippen LogP contribution in [-0.2, 0) is 22.6 Å². The number of carbonyl (C=O) groups excluding carboxylic acids is 2. The first kappa shape index (κ1) is 26.6. The van der Waals surface area contributed by atoms with E-state index in [0.29, 0.717) is 10.0 Å². The van der Waals surface area contributed by atoms with Gasteiger partial charge in [-0.25, -0.2) is 4.39 Å². The minimum absolute atomic E-state index is 0.0358. The fourth-order valence-corrected chi connectivity index (χ4v) is 5.13. The molecule has 1 fully saturated rings. The van der Waals surface area contributed by atoms with E-state index in [1.807, 2.05) is 18.2 Å². The van der Waals surface area contributed by atoms with E-state index in [4.69, 9.17) is 11.6 Å². The summed E-state index contributed by atoms with van der Waals surface area (Å²) in [7, 11) is 4.23. The van der Waals surface area contributed by atoms with Crippen LogP contribution >= 0.6 is 27.5 Å². The molecule has 34 heavy (non-hydrogen) atoms. The lowest BCUT2D eigenvalue weighted by molar-refractivity contribution is -0.127. The van der Waals surface area contributed by atoms with Gasteiger partial charge in [0.05, 0.1) is 0 Å². The van der Waals surface area contributed by atoms with Crippen LogP contribution in [0.25, 0.3) is 0 Å². The van der Waals surface area contributed by atoms with E-state index < -0.39 is 0 Å². The van der Waals surface area contributed by atoms with Crippen LogP contribution in [0.15, 0.2) is 46.9 Å². The van der Waals surface area contributed by atoms with Gasteiger partial charge in [-0.2, -0.15) is 0 Å². The summed E-state index contributed by atoms with van der Waals surface area (Å²) in [6, 6.07) is 12.8. The minimum Gasteiger partial charge on any atom is -0.353 e. The third kappa shape index (κ3) is 7.52. The van der Waals surface area contributed by atoms with Crippen molar-refractivity contribution in [2.75, 3.05) is 14.1 Å². The van der Waals surface area contributed by atoms with Crippen LogP contribution in [0.3, 0.4) is 0 Å². The van der Waals surface area contributed by atoms with Gasteiger partial charge in [0.2, 0.25) is 11.8 Å². The highest BCUT2D eigenvalue weighted by molar-refractivity contribution is 9.10. The molecule has 0 radical (unpaired) electrons. The lowest BCUT2D eigenvalue weighted by Gasteiger charge is -2.45. The molecule has 1 aliphatic rings. The van der Waals surface area contributed by atoms with E-state index in [1.54, 1.807) is 12.1 Å². The summed E-state index contributed by atoms with van der Waals surface area (Å²) >= 11 is 9.38. The third-order valence-electron chi connectivity index (χ3n) is 6.72. The molecule has 0 atom stereocenters. The van der Waals surface area contributed by atoms with Crippen molar-refractivity contribution in [1.29, 1.82) is 0 Å². The summed E-state index contributed by atoms with van der Waals surface area (Å²) in [5.41, 5.74) is 1.66. The zero-order chi connectivity index (χ0) is 24.7. The normalized spacial score (nSPS) is 20.2. The predicted octanol–water partition coefficient (Wildman–Crippen LogP) is 5.24. The Bertz CT molecular complexity index is 1010. The van der Waals surface area contributed by atoms with Crippen LogP contribution in [0.2, 0.25) is 5.02 Å². The van der Waals surface area contributed by atoms with Gasteiger partial charge in [0.1, 0.15) is 5.82 Å². The molecule has 0 saturated heterocycles. The monoisotopic (exact) mass is 551 g/mol. The number of hydrogen-bond donors (Lipinski definition) is 2. The first-order valence-corrected chi connectivity index (χ1v) is 12.8. The number of benzene rings is 2. The summed E-state index contributed by atoms with van der Waals surface area (Å²) in [4.78, 5) is 26.8. The Balaban J connectivity index is 1.42. The number of nitrogens with zero attached hydrogens (tertiary/aromatic N) is 1. The average molecular weight is 553 g/mol. The molecule has 184 valence electrons. The van der Waals surface area contributed by atoms with Gasteiger partial charge in [0.25, 0.3) is 0 Å². The summed E-state index contributed by atoms with van der Waals surface area (Å²) < 4.78 is 14.5. The van der Waals surface area contributed by atoms with Crippen LogP contribution in [0.4, 0.5) is 4.39 Å². The molecule has 0 bridgehead atoms. The average Bonchev–Trinajstić information content (AvgIpc) is 2.78. The second-order valence-electron chi connectivity index (χ2n) is 9.28. The van der Waals surface area contributed by atoms with Gasteiger partial charge in [0.15, 0.2) is 0 Å². The second kappa shape index (κ2) is 12.1. The topological polar surface area (TPSA) is 61.4 Å². The maximum atomic E-state index is 13.9. The second-order valence-corrected chi connectivity index (χ2v) is 10.6. The maximum Gasteiger partial charge on any atom is 0.220 e. The van der Waals surface area contributed by atoms with E-state index in [9.17, 15) is 14.0 Å². The molecule has 0 unspecified atom stereocenters. The maximum absolute atomic E-state index is 13.9. The van der Waals surface area contributed by atoms with Crippen molar-refractivity contribution in [1.82, 2.24) is 15.5 Å². The lowest BCUT2D eigenvalue weighted by Crippen LogP contribution is -2.52. The molecule has 1 saturated carbocycles. The number of rotatable bonds is 9. The molecule has 0 aromatic heterocycles. The van der Waals surface area contributed by atoms with Crippen molar-refractivity contribution in [2.24, 2.45) is 0 Å². The van der Waals surface area contributed by atoms with Crippen molar-refractivity contribution < 1.29 is 14.0 Å². The van der Waals surface area contributed by atoms with E-state index in [1.165, 1.54) is 11.6 Å². The Kier molecular flexibility index (Phi) is 9.51. The summed E-state index contributed by atoms with van der Waals surface area (Å²) in [5.74, 6) is -0.773. The van der Waals surface area contributed by atoms with E-state index >= 15 is 0 Å². The number of hydrogen-bond acceptors (Lipinski definition) is 3. The van der Waals surface area contributed by atoms with E-state index in [-0.39, 0.29) is 48.6 Å². The predicted molar refractivity (Wildman–Crippen MR) is 137 cm³/mol. The number of amides is 2. The van der Waals surface area contributed by atoms with Crippen molar-refractivity contribution in [3.05, 3.63) is 68.9 Å². The first-order valence-electron chi connectivity index (χ1n) is 11.6. The summed E-state index contributed by atoms with van der Waals surface area (Å²) in [5, 5.41) is 6.52. The molecular weight excluding hydrogens is 521 g/mol. The molecule has 2 aromatic rings. The Labute approximate surface area is 214 Å². The standard InChI is InChI=1S/C26H32BrClFN3O2/c1-32(2)26(16-18-4-3-5-21(28)14-18)12-10-22(11-13-26)31-25(34)9-8-24(33)30-17-19-6-7-20(27)15-23(19)29/h3-7,14-15,22H,8-13,16-17H2,1-2H3,(H,30,33)(H,31,34). The van der Waals surface area contributed by atoms with Gasteiger partial charge in [-0.15, -0.1) is 0 Å². The van der Waals surface area contributed by atoms with Gasteiger partial charge in [-0.3, -0.25) is 9.59 Å². The van der Waals surface area contributed by atoms with Crippen LogP contribution in [0, 0.1) is 5.82 Å². The quantitative estimate of drug-likeness (QED) is 0.447. The van der Waals surface area contributed by atoms with Gasteiger partial charge in [0, 0.05) is 46.0 Å². The number of likely N-dealkylation sites (N-methyl/N-ethyl adjacent to an activating group) is 1. The zero-order valence-electron chi connectivity index (χ0n) is 19.7. The van der Waals surface area contributed by atoms with Gasteiger partial charge in [-0.1, -0.05) is 45.7 Å². The Morgan fingerprint density at radius 2 is 1.82 bits per heavy atom. The lowest BCUT2D eigenvalue weighted by atomic mass is 9.75. The molecule has 0 aliphatic heterocycles. The minimum atomic E-state index is -0.381. The smallest absolute Gasteiger partial charge is 0.220 e. The van der Waals surface area contributed by atoms with Crippen molar-refractivity contribution in [2.45, 2.75) is 63.1 Å². The van der Waals surface area contributed by atoms with Crippen molar-refractivity contribution >= 4 is 39.3 Å². The summed E-state index contributed by atoms with van der Waals surface area (Å²) in [6.07, 6.45) is 4.83. The van der Waals surface area contributed by atoms with Crippen molar-refractivity contribution in [3.8, 4) is 0 Å². The molecule has 5 nitrogen and oxygen atoms in total. The largest absolute Gasteiger partial charge is 0.353 e. The van der Waals surface area contributed by atoms with Crippen molar-refractivity contribution in [3.63, 3.8) is 0 Å². The number of nitrogens with one attached hydrogen (secondary N) is 2. The van der Waals surface area contributed by atoms with Gasteiger partial charge in [-0.05, 0) is 76.0 Å². The summed E-state index contributed by atoms with van der Waals surface area (Å²) in [6.45, 7) is 0.0986. The fraction of sp³-hybridized carbons (Fsp3) is 0.462. The molecular formula is C26H32BrClFN3O2. The van der Waals surface area contributed by atoms with Crippen LogP contribution in [-0.4, -0.2) is 42.4 Å².